The highest BCUT2D eigenvalue weighted by atomic mass is 16.5. The second kappa shape index (κ2) is 8.84. The van der Waals surface area contributed by atoms with Crippen molar-refractivity contribution in [2.75, 3.05) is 32.1 Å². The predicted molar refractivity (Wildman–Crippen MR) is 106 cm³/mol. The molecule has 0 aliphatic rings. The van der Waals surface area contributed by atoms with Gasteiger partial charge in [0.2, 0.25) is 0 Å². The van der Waals surface area contributed by atoms with Crippen LogP contribution in [0.1, 0.15) is 5.56 Å². The van der Waals surface area contributed by atoms with Crippen LogP contribution < -0.4 is 21.1 Å². The van der Waals surface area contributed by atoms with E-state index in [-0.39, 0.29) is 0 Å². The smallest absolute Gasteiger partial charge is 0.188 e. The van der Waals surface area contributed by atoms with E-state index in [1.54, 1.807) is 18.0 Å². The number of fused-ring (bicyclic) bond motifs is 1. The molecule has 1 aromatic carbocycles. The van der Waals surface area contributed by atoms with Gasteiger partial charge < -0.3 is 21.1 Å². The minimum atomic E-state index is 0.430. The lowest BCUT2D eigenvalue weighted by Gasteiger charge is -2.08. The van der Waals surface area contributed by atoms with Crippen molar-refractivity contribution in [2.24, 2.45) is 17.8 Å². The number of ether oxygens (including phenoxy) is 1. The highest BCUT2D eigenvalue weighted by Gasteiger charge is 2.06. The zero-order chi connectivity index (χ0) is 19.1. The van der Waals surface area contributed by atoms with Crippen LogP contribution in [0.15, 0.2) is 41.8 Å². The molecule has 0 saturated heterocycles. The number of guanidine groups is 1. The van der Waals surface area contributed by atoms with E-state index in [0.717, 1.165) is 29.0 Å². The monoisotopic (exact) mass is 368 g/mol. The number of nitrogens with zero attached hydrogens (tertiary/aromatic N) is 5. The lowest BCUT2D eigenvalue weighted by molar-refractivity contribution is 0.414. The predicted octanol–water partition coefficient (Wildman–Crippen LogP) is 0.931. The molecule has 0 spiro atoms. The van der Waals surface area contributed by atoms with Crippen LogP contribution in [0, 0.1) is 0 Å². The summed E-state index contributed by atoms with van der Waals surface area (Å²) >= 11 is 0. The van der Waals surface area contributed by atoms with Crippen molar-refractivity contribution < 1.29 is 4.74 Å². The Hall–Kier alpha value is -3.36. The summed E-state index contributed by atoms with van der Waals surface area (Å²) in [5.74, 6) is 2.03. The Bertz CT molecular complexity index is 903. The average molecular weight is 368 g/mol. The van der Waals surface area contributed by atoms with Gasteiger partial charge in [-0.3, -0.25) is 9.67 Å². The molecule has 0 aliphatic carbocycles. The number of rotatable bonds is 8. The molecule has 0 radical (unpaired) electrons. The minimum Gasteiger partial charge on any atom is -0.497 e. The molecular weight excluding hydrogens is 344 g/mol. The molecule has 142 valence electrons. The van der Waals surface area contributed by atoms with E-state index in [1.165, 1.54) is 11.9 Å². The number of anilines is 1. The fraction of sp³-hybridized carbons (Fsp3) is 0.333. The number of nitrogens with two attached hydrogens (primary N) is 1. The molecule has 3 rings (SSSR count). The first-order chi connectivity index (χ1) is 13.2. The van der Waals surface area contributed by atoms with E-state index >= 15 is 0 Å². The van der Waals surface area contributed by atoms with Gasteiger partial charge in [0.05, 0.1) is 18.7 Å². The summed E-state index contributed by atoms with van der Waals surface area (Å²) in [6.07, 6.45) is 4.10. The van der Waals surface area contributed by atoms with Crippen LogP contribution in [0.2, 0.25) is 0 Å². The van der Waals surface area contributed by atoms with Gasteiger partial charge in [-0.25, -0.2) is 9.97 Å². The van der Waals surface area contributed by atoms with Crippen LogP contribution in [-0.4, -0.2) is 52.5 Å². The number of hydrogen-bond donors (Lipinski definition) is 3. The van der Waals surface area contributed by atoms with Crippen molar-refractivity contribution in [3.05, 3.63) is 42.4 Å². The Labute approximate surface area is 157 Å². The Morgan fingerprint density at radius 1 is 1.22 bits per heavy atom. The maximum Gasteiger partial charge on any atom is 0.188 e. The summed E-state index contributed by atoms with van der Waals surface area (Å²) < 4.78 is 6.86. The van der Waals surface area contributed by atoms with Gasteiger partial charge in [-0.1, -0.05) is 12.1 Å². The number of aromatic nitrogens is 4. The zero-order valence-electron chi connectivity index (χ0n) is 15.5. The fourth-order valence-corrected chi connectivity index (χ4v) is 2.63. The van der Waals surface area contributed by atoms with Crippen LogP contribution in [-0.2, 0) is 13.5 Å². The zero-order valence-corrected chi connectivity index (χ0v) is 15.5. The first-order valence-corrected chi connectivity index (χ1v) is 8.70. The summed E-state index contributed by atoms with van der Waals surface area (Å²) in [5.41, 5.74) is 7.89. The fourth-order valence-electron chi connectivity index (χ4n) is 2.63. The van der Waals surface area contributed by atoms with E-state index in [9.17, 15) is 0 Å². The number of aliphatic imine (C=N–C) groups is 1. The number of methoxy groups -OCH3 is 1. The van der Waals surface area contributed by atoms with E-state index in [2.05, 4.69) is 30.7 Å². The summed E-state index contributed by atoms with van der Waals surface area (Å²) in [4.78, 5) is 12.8. The molecule has 0 aliphatic heterocycles. The number of nitrogens with one attached hydrogen (secondary N) is 2. The van der Waals surface area contributed by atoms with Crippen LogP contribution in [0.25, 0.3) is 11.0 Å². The Kier molecular flexibility index (Phi) is 6.03. The normalized spacial score (nSPS) is 11.6. The second-order valence-electron chi connectivity index (χ2n) is 5.95. The molecule has 2 aromatic heterocycles. The van der Waals surface area contributed by atoms with E-state index in [1.807, 2.05) is 31.3 Å². The summed E-state index contributed by atoms with van der Waals surface area (Å²) in [6, 6.07) is 7.95. The number of hydrogen-bond acceptors (Lipinski definition) is 6. The van der Waals surface area contributed by atoms with Crippen molar-refractivity contribution in [1.82, 2.24) is 25.1 Å². The van der Waals surface area contributed by atoms with Crippen molar-refractivity contribution in [3.8, 4) is 5.75 Å². The van der Waals surface area contributed by atoms with Crippen molar-refractivity contribution in [1.29, 1.82) is 0 Å². The Balaban J connectivity index is 1.40. The molecule has 0 fully saturated rings. The largest absolute Gasteiger partial charge is 0.497 e. The SMILES string of the molecule is COc1ccc(CCN=C(N)NCCNc2ncnc3c2cnn3C)cc1. The molecule has 0 saturated carbocycles. The first kappa shape index (κ1) is 18.4. The first-order valence-electron chi connectivity index (χ1n) is 8.70. The van der Waals surface area contributed by atoms with E-state index in [4.69, 9.17) is 10.5 Å². The summed E-state index contributed by atoms with van der Waals surface area (Å²) in [5, 5.41) is 11.4. The summed E-state index contributed by atoms with van der Waals surface area (Å²) in [6.45, 7) is 1.90. The van der Waals surface area contributed by atoms with Gasteiger partial charge in [-0.2, -0.15) is 5.10 Å². The molecule has 3 aromatic rings. The van der Waals surface area contributed by atoms with Crippen LogP contribution >= 0.6 is 0 Å². The molecular formula is C18H24N8O. The Morgan fingerprint density at radius 2 is 2.04 bits per heavy atom. The minimum absolute atomic E-state index is 0.430. The third-order valence-corrected chi connectivity index (χ3v) is 4.09. The topological polar surface area (TPSA) is 115 Å². The molecule has 0 bridgehead atoms. The molecule has 9 nitrogen and oxygen atoms in total. The van der Waals surface area contributed by atoms with Crippen molar-refractivity contribution in [2.45, 2.75) is 6.42 Å². The third kappa shape index (κ3) is 4.84. The molecule has 4 N–H and O–H groups in total. The van der Waals surface area contributed by atoms with Crippen molar-refractivity contribution >= 4 is 22.8 Å². The molecule has 0 atom stereocenters. The van der Waals surface area contributed by atoms with Gasteiger partial charge in [0.15, 0.2) is 11.6 Å². The highest BCUT2D eigenvalue weighted by molar-refractivity contribution is 5.86. The van der Waals surface area contributed by atoms with Gasteiger partial charge in [-0.15, -0.1) is 0 Å². The molecule has 0 amide bonds. The average Bonchev–Trinajstić information content (AvgIpc) is 3.08. The molecule has 0 unspecified atom stereocenters. The molecule has 9 heteroatoms. The standard InChI is InChI=1S/C18H24N8O/c1-26-17-15(11-25-26)16(23-12-24-17)20-9-10-22-18(19)21-8-7-13-3-5-14(27-2)6-4-13/h3-6,11-12H,7-10H2,1-2H3,(H3,19,21,22)(H,20,23,24). The van der Waals surface area contributed by atoms with Crippen LogP contribution in [0.3, 0.4) is 0 Å². The second-order valence-corrected chi connectivity index (χ2v) is 5.95. The van der Waals surface area contributed by atoms with Gasteiger partial charge in [0.25, 0.3) is 0 Å². The maximum atomic E-state index is 5.91. The Morgan fingerprint density at radius 3 is 2.81 bits per heavy atom. The lowest BCUT2D eigenvalue weighted by atomic mass is 10.1. The number of benzene rings is 1. The van der Waals surface area contributed by atoms with E-state index in [0.29, 0.717) is 25.6 Å². The van der Waals surface area contributed by atoms with Crippen LogP contribution in [0.4, 0.5) is 5.82 Å². The van der Waals surface area contributed by atoms with Gasteiger partial charge in [-0.05, 0) is 24.1 Å². The molecule has 27 heavy (non-hydrogen) atoms. The van der Waals surface area contributed by atoms with E-state index < -0.39 is 0 Å². The third-order valence-electron chi connectivity index (χ3n) is 4.09. The van der Waals surface area contributed by atoms with Gasteiger partial charge >= 0.3 is 0 Å². The lowest BCUT2D eigenvalue weighted by Crippen LogP contribution is -2.35. The van der Waals surface area contributed by atoms with Gasteiger partial charge in [0, 0.05) is 26.7 Å². The quantitative estimate of drug-likeness (QED) is 0.308. The summed E-state index contributed by atoms with van der Waals surface area (Å²) in [7, 11) is 3.51. The molecule has 2 heterocycles. The van der Waals surface area contributed by atoms with Crippen LogP contribution in [0.5, 0.6) is 5.75 Å². The number of aryl methyl sites for hydroxylation is 1. The highest BCUT2D eigenvalue weighted by Crippen LogP contribution is 2.17. The van der Waals surface area contributed by atoms with Crippen molar-refractivity contribution in [3.63, 3.8) is 0 Å². The maximum absolute atomic E-state index is 5.91. The van der Waals surface area contributed by atoms with Gasteiger partial charge in [0.1, 0.15) is 17.9 Å².